The summed E-state index contributed by atoms with van der Waals surface area (Å²) in [5.74, 6) is 0.0377. The van der Waals surface area contributed by atoms with Crippen LogP contribution in [0.15, 0.2) is 36.5 Å². The van der Waals surface area contributed by atoms with E-state index in [1.807, 2.05) is 29.2 Å². The number of carbonyl (C=O) groups excluding carboxylic acids is 1. The normalized spacial score (nSPS) is 15.3. The summed E-state index contributed by atoms with van der Waals surface area (Å²) < 4.78 is 1.61. The van der Waals surface area contributed by atoms with Crippen LogP contribution in [-0.2, 0) is 7.05 Å². The minimum absolute atomic E-state index is 0.0377. The second-order valence-electron chi connectivity index (χ2n) is 5.18. The molecule has 1 aromatic heterocycles. The lowest BCUT2D eigenvalue weighted by atomic mass is 10.2. The lowest BCUT2D eigenvalue weighted by Gasteiger charge is -2.36. The molecule has 6 nitrogen and oxygen atoms in total. The molecular formula is C15H19N5O. The van der Waals surface area contributed by atoms with Crippen LogP contribution in [-0.4, -0.2) is 46.8 Å². The van der Waals surface area contributed by atoms with Crippen molar-refractivity contribution in [1.82, 2.24) is 14.7 Å². The van der Waals surface area contributed by atoms with Gasteiger partial charge in [-0.15, -0.1) is 0 Å². The molecule has 3 rings (SSSR count). The van der Waals surface area contributed by atoms with Crippen LogP contribution >= 0.6 is 0 Å². The van der Waals surface area contributed by atoms with Crippen LogP contribution in [0.2, 0.25) is 0 Å². The minimum atomic E-state index is 0.0377. The van der Waals surface area contributed by atoms with Crippen LogP contribution in [0.25, 0.3) is 0 Å². The van der Waals surface area contributed by atoms with Crippen molar-refractivity contribution in [3.63, 3.8) is 0 Å². The fourth-order valence-electron chi connectivity index (χ4n) is 2.67. The van der Waals surface area contributed by atoms with Gasteiger partial charge in [0.2, 0.25) is 0 Å². The van der Waals surface area contributed by atoms with E-state index in [1.165, 1.54) is 0 Å². The fourth-order valence-corrected chi connectivity index (χ4v) is 2.67. The Hall–Kier alpha value is -2.50. The van der Waals surface area contributed by atoms with Gasteiger partial charge in [0, 0.05) is 39.4 Å². The Morgan fingerprint density at radius 1 is 1.14 bits per heavy atom. The number of para-hydroxylation sites is 2. The van der Waals surface area contributed by atoms with Crippen LogP contribution in [0, 0.1) is 0 Å². The summed E-state index contributed by atoms with van der Waals surface area (Å²) in [5, 5.41) is 4.05. The lowest BCUT2D eigenvalue weighted by molar-refractivity contribution is 0.0736. The second kappa shape index (κ2) is 5.47. The van der Waals surface area contributed by atoms with Crippen molar-refractivity contribution in [2.45, 2.75) is 0 Å². The van der Waals surface area contributed by atoms with Gasteiger partial charge in [-0.1, -0.05) is 12.1 Å². The molecule has 0 aliphatic carbocycles. The molecule has 0 spiro atoms. The van der Waals surface area contributed by atoms with Crippen molar-refractivity contribution in [3.05, 3.63) is 42.2 Å². The van der Waals surface area contributed by atoms with Gasteiger partial charge in [0.15, 0.2) is 0 Å². The number of amides is 1. The monoisotopic (exact) mass is 285 g/mol. The summed E-state index contributed by atoms with van der Waals surface area (Å²) in [7, 11) is 1.79. The first-order chi connectivity index (χ1) is 10.2. The van der Waals surface area contributed by atoms with Crippen LogP contribution in [0.1, 0.15) is 10.5 Å². The van der Waals surface area contributed by atoms with Crippen LogP contribution < -0.4 is 10.6 Å². The molecule has 21 heavy (non-hydrogen) atoms. The standard InChI is InChI=1S/C15H19N5O/c1-18-14(6-7-17-18)15(21)20-10-8-19(9-11-20)13-5-3-2-4-12(13)16/h2-7H,8-11,16H2,1H3. The largest absolute Gasteiger partial charge is 0.397 e. The molecular weight excluding hydrogens is 266 g/mol. The second-order valence-corrected chi connectivity index (χ2v) is 5.18. The smallest absolute Gasteiger partial charge is 0.272 e. The SMILES string of the molecule is Cn1nccc1C(=O)N1CCN(c2ccccc2N)CC1. The Morgan fingerprint density at radius 2 is 1.86 bits per heavy atom. The van der Waals surface area contributed by atoms with Gasteiger partial charge in [-0.05, 0) is 18.2 Å². The van der Waals surface area contributed by atoms with E-state index >= 15 is 0 Å². The number of aryl methyl sites for hydroxylation is 1. The maximum Gasteiger partial charge on any atom is 0.272 e. The van der Waals surface area contributed by atoms with Crippen molar-refractivity contribution in [1.29, 1.82) is 0 Å². The van der Waals surface area contributed by atoms with Crippen LogP contribution in [0.3, 0.4) is 0 Å². The molecule has 1 aliphatic rings. The van der Waals surface area contributed by atoms with E-state index in [0.717, 1.165) is 24.5 Å². The fraction of sp³-hybridized carbons (Fsp3) is 0.333. The predicted molar refractivity (Wildman–Crippen MR) is 82.2 cm³/mol. The quantitative estimate of drug-likeness (QED) is 0.835. The average molecular weight is 285 g/mol. The molecule has 1 amide bonds. The third kappa shape index (κ3) is 2.56. The molecule has 2 N–H and O–H groups in total. The Bertz CT molecular complexity index is 643. The maximum absolute atomic E-state index is 12.4. The first kappa shape index (κ1) is 13.5. The lowest BCUT2D eigenvalue weighted by Crippen LogP contribution is -2.49. The van der Waals surface area contributed by atoms with Crippen LogP contribution in [0.4, 0.5) is 11.4 Å². The molecule has 2 aromatic rings. The summed E-state index contributed by atoms with van der Waals surface area (Å²) >= 11 is 0. The maximum atomic E-state index is 12.4. The molecule has 0 atom stereocenters. The van der Waals surface area contributed by atoms with E-state index in [4.69, 9.17) is 5.73 Å². The van der Waals surface area contributed by atoms with Gasteiger partial charge in [-0.25, -0.2) is 0 Å². The number of nitrogens with zero attached hydrogens (tertiary/aromatic N) is 4. The molecule has 6 heteroatoms. The van der Waals surface area contributed by atoms with Gasteiger partial charge in [-0.3, -0.25) is 9.48 Å². The number of hydrogen-bond acceptors (Lipinski definition) is 4. The number of benzene rings is 1. The minimum Gasteiger partial charge on any atom is -0.397 e. The van der Waals surface area contributed by atoms with Crippen molar-refractivity contribution in [2.24, 2.45) is 7.05 Å². The molecule has 110 valence electrons. The van der Waals surface area contributed by atoms with E-state index in [2.05, 4.69) is 10.00 Å². The third-order valence-electron chi connectivity index (χ3n) is 3.88. The number of carbonyl (C=O) groups is 1. The van der Waals surface area contributed by atoms with E-state index in [0.29, 0.717) is 18.8 Å². The zero-order valence-corrected chi connectivity index (χ0v) is 12.1. The highest BCUT2D eigenvalue weighted by Crippen LogP contribution is 2.23. The molecule has 0 saturated carbocycles. The molecule has 1 aromatic carbocycles. The van der Waals surface area contributed by atoms with Gasteiger partial charge in [0.25, 0.3) is 5.91 Å². The van der Waals surface area contributed by atoms with Crippen molar-refractivity contribution in [3.8, 4) is 0 Å². The van der Waals surface area contributed by atoms with Gasteiger partial charge in [0.05, 0.1) is 11.4 Å². The van der Waals surface area contributed by atoms with Gasteiger partial charge in [-0.2, -0.15) is 5.10 Å². The first-order valence-corrected chi connectivity index (χ1v) is 7.03. The van der Waals surface area contributed by atoms with Crippen LogP contribution in [0.5, 0.6) is 0 Å². The molecule has 1 aliphatic heterocycles. The summed E-state index contributed by atoms with van der Waals surface area (Å²) in [6, 6.07) is 9.60. The average Bonchev–Trinajstić information content (AvgIpc) is 2.93. The molecule has 0 unspecified atom stereocenters. The summed E-state index contributed by atoms with van der Waals surface area (Å²) in [5.41, 5.74) is 8.46. The van der Waals surface area contributed by atoms with Gasteiger partial charge >= 0.3 is 0 Å². The van der Waals surface area contributed by atoms with Gasteiger partial charge < -0.3 is 15.5 Å². The summed E-state index contributed by atoms with van der Waals surface area (Å²) in [6.07, 6.45) is 1.65. The molecule has 2 heterocycles. The molecule has 0 bridgehead atoms. The van der Waals surface area contributed by atoms with Crippen molar-refractivity contribution >= 4 is 17.3 Å². The molecule has 1 saturated heterocycles. The number of piperazine rings is 1. The van der Waals surface area contributed by atoms with Gasteiger partial charge in [0.1, 0.15) is 5.69 Å². The number of nitrogen functional groups attached to an aromatic ring is 1. The van der Waals surface area contributed by atoms with E-state index in [1.54, 1.807) is 24.0 Å². The predicted octanol–water partition coefficient (Wildman–Crippen LogP) is 0.965. The van der Waals surface area contributed by atoms with E-state index in [9.17, 15) is 4.79 Å². The third-order valence-corrected chi connectivity index (χ3v) is 3.88. The Labute approximate surface area is 123 Å². The zero-order valence-electron chi connectivity index (χ0n) is 12.1. The summed E-state index contributed by atoms with van der Waals surface area (Å²) in [6.45, 7) is 2.96. The Morgan fingerprint density at radius 3 is 2.48 bits per heavy atom. The highest BCUT2D eigenvalue weighted by Gasteiger charge is 2.24. The number of nitrogens with two attached hydrogens (primary N) is 1. The number of rotatable bonds is 2. The van der Waals surface area contributed by atoms with Crippen molar-refractivity contribution < 1.29 is 4.79 Å². The van der Waals surface area contributed by atoms with E-state index in [-0.39, 0.29) is 5.91 Å². The Balaban J connectivity index is 1.67. The highest BCUT2D eigenvalue weighted by molar-refractivity contribution is 5.92. The van der Waals surface area contributed by atoms with E-state index < -0.39 is 0 Å². The number of hydrogen-bond donors (Lipinski definition) is 1. The molecule has 0 radical (unpaired) electrons. The first-order valence-electron chi connectivity index (χ1n) is 7.03. The molecule has 1 fully saturated rings. The number of anilines is 2. The zero-order chi connectivity index (χ0) is 14.8. The topological polar surface area (TPSA) is 67.4 Å². The highest BCUT2D eigenvalue weighted by atomic mass is 16.2. The summed E-state index contributed by atoms with van der Waals surface area (Å²) in [4.78, 5) is 16.5. The van der Waals surface area contributed by atoms with Crippen molar-refractivity contribution in [2.75, 3.05) is 36.8 Å². The Kier molecular flexibility index (Phi) is 3.51. The number of aromatic nitrogens is 2.